The number of aromatic amines is 1. The van der Waals surface area contributed by atoms with Crippen LogP contribution < -0.4 is 10.6 Å². The predicted octanol–water partition coefficient (Wildman–Crippen LogP) is 5.07. The van der Waals surface area contributed by atoms with Crippen LogP contribution in [0.3, 0.4) is 0 Å². The Morgan fingerprint density at radius 1 is 1.14 bits per heavy atom. The monoisotopic (exact) mass is 484 g/mol. The molecule has 1 aliphatic carbocycles. The number of rotatable bonds is 5. The molecule has 1 atom stereocenters. The van der Waals surface area contributed by atoms with Gasteiger partial charge in [0.05, 0.1) is 35.4 Å². The predicted molar refractivity (Wildman–Crippen MR) is 139 cm³/mol. The van der Waals surface area contributed by atoms with Crippen molar-refractivity contribution in [2.45, 2.75) is 65.0 Å². The molecule has 1 amide bonds. The van der Waals surface area contributed by atoms with Crippen LogP contribution in [0.25, 0.3) is 11.1 Å². The minimum Gasteiger partial charge on any atom is -0.344 e. The van der Waals surface area contributed by atoms with E-state index in [1.807, 2.05) is 46.0 Å². The first-order valence-electron chi connectivity index (χ1n) is 12.4. The first-order valence-corrected chi connectivity index (χ1v) is 12.4. The van der Waals surface area contributed by atoms with Crippen LogP contribution in [-0.2, 0) is 12.0 Å². The molecule has 36 heavy (non-hydrogen) atoms. The second-order valence-electron chi connectivity index (χ2n) is 10.4. The largest absolute Gasteiger partial charge is 0.344 e. The van der Waals surface area contributed by atoms with E-state index in [-0.39, 0.29) is 17.5 Å². The summed E-state index contributed by atoms with van der Waals surface area (Å²) in [6.07, 6.45) is 9.31. The zero-order valence-electron chi connectivity index (χ0n) is 21.2. The van der Waals surface area contributed by atoms with E-state index in [0.29, 0.717) is 5.69 Å². The molecule has 186 valence electrons. The first kappa shape index (κ1) is 23.7. The molecule has 3 N–H and O–H groups in total. The van der Waals surface area contributed by atoms with Crippen molar-refractivity contribution in [3.05, 3.63) is 71.4 Å². The summed E-state index contributed by atoms with van der Waals surface area (Å²) in [6.45, 7) is 8.06. The highest BCUT2D eigenvalue weighted by atomic mass is 16.2. The lowest BCUT2D eigenvalue weighted by Crippen LogP contribution is -2.29. The molecule has 0 radical (unpaired) electrons. The SMILES string of the molecule is Cc1[nH]ncc1Nc1cc(-c2ccc3c(c2)CCCCC3NC(=O)c2cn(C(C)(C)C)nn2)ccn1. The normalized spacial score (nSPS) is 15.7. The number of H-pyrrole nitrogens is 1. The van der Waals surface area contributed by atoms with E-state index in [1.54, 1.807) is 17.1 Å². The van der Waals surface area contributed by atoms with Gasteiger partial charge in [-0.2, -0.15) is 5.10 Å². The van der Waals surface area contributed by atoms with Crippen molar-refractivity contribution in [3.8, 4) is 11.1 Å². The molecular weight excluding hydrogens is 452 g/mol. The van der Waals surface area contributed by atoms with Gasteiger partial charge in [-0.25, -0.2) is 9.67 Å². The van der Waals surface area contributed by atoms with Gasteiger partial charge in [-0.15, -0.1) is 5.10 Å². The van der Waals surface area contributed by atoms with Crippen molar-refractivity contribution >= 4 is 17.4 Å². The molecule has 0 spiro atoms. The minimum atomic E-state index is -0.226. The Morgan fingerprint density at radius 2 is 1.97 bits per heavy atom. The second-order valence-corrected chi connectivity index (χ2v) is 10.4. The van der Waals surface area contributed by atoms with Crippen molar-refractivity contribution in [1.29, 1.82) is 0 Å². The fourth-order valence-corrected chi connectivity index (χ4v) is 4.53. The van der Waals surface area contributed by atoms with Crippen LogP contribution in [-0.4, -0.2) is 36.1 Å². The second kappa shape index (κ2) is 9.56. The summed E-state index contributed by atoms with van der Waals surface area (Å²) < 4.78 is 1.72. The number of carbonyl (C=O) groups is 1. The van der Waals surface area contributed by atoms with Crippen LogP contribution >= 0.6 is 0 Å². The number of benzene rings is 1. The Balaban J connectivity index is 1.37. The molecule has 9 nitrogen and oxygen atoms in total. The molecule has 9 heteroatoms. The van der Waals surface area contributed by atoms with Crippen LogP contribution in [0, 0.1) is 6.92 Å². The maximum atomic E-state index is 13.0. The molecule has 0 bridgehead atoms. The lowest BCUT2D eigenvalue weighted by atomic mass is 9.94. The molecular formula is C27H32N8O. The molecule has 4 aromatic rings. The molecule has 1 aromatic carbocycles. The first-order chi connectivity index (χ1) is 17.3. The number of nitrogens with zero attached hydrogens (tertiary/aromatic N) is 5. The summed E-state index contributed by atoms with van der Waals surface area (Å²) in [5, 5.41) is 21.8. The molecule has 0 aliphatic heterocycles. The van der Waals surface area contributed by atoms with E-state index in [1.165, 1.54) is 11.1 Å². The molecule has 5 rings (SSSR count). The molecule has 0 saturated carbocycles. The number of pyridine rings is 1. The minimum absolute atomic E-state index is 0.0532. The number of nitrogens with one attached hydrogen (secondary N) is 3. The molecule has 0 saturated heterocycles. The standard InChI is InChI=1S/C27H32N8O/c1-17-23(15-29-32-17)30-25-14-19(11-12-28-25)18-9-10-21-20(13-18)7-5-6-8-22(21)31-26(36)24-16-35(34-33-24)27(2,3)4/h9-16,22H,5-8H2,1-4H3,(H,28,30)(H,29,32)(H,31,36). The van der Waals surface area contributed by atoms with Crippen LogP contribution in [0.1, 0.15) is 73.4 Å². The highest BCUT2D eigenvalue weighted by Crippen LogP contribution is 2.33. The van der Waals surface area contributed by atoms with Crippen LogP contribution in [0.15, 0.2) is 48.9 Å². The summed E-state index contributed by atoms with van der Waals surface area (Å²) in [5.41, 5.74) is 6.64. The number of hydrogen-bond donors (Lipinski definition) is 3. The Kier molecular flexibility index (Phi) is 6.30. The average Bonchev–Trinajstić information content (AvgIpc) is 3.46. The molecule has 1 aliphatic rings. The van der Waals surface area contributed by atoms with Gasteiger partial charge in [-0.3, -0.25) is 9.89 Å². The van der Waals surface area contributed by atoms with E-state index >= 15 is 0 Å². The van der Waals surface area contributed by atoms with E-state index in [0.717, 1.165) is 54.0 Å². The number of anilines is 2. The quantitative estimate of drug-likeness (QED) is 0.341. The molecule has 3 aromatic heterocycles. The van der Waals surface area contributed by atoms with Crippen molar-refractivity contribution in [1.82, 2.24) is 35.5 Å². The van der Waals surface area contributed by atoms with Gasteiger partial charge in [-0.1, -0.05) is 29.8 Å². The van der Waals surface area contributed by atoms with Crippen molar-refractivity contribution < 1.29 is 4.79 Å². The third kappa shape index (κ3) is 5.00. The summed E-state index contributed by atoms with van der Waals surface area (Å²) in [6, 6.07) is 10.5. The van der Waals surface area contributed by atoms with Gasteiger partial charge in [0.2, 0.25) is 0 Å². The van der Waals surface area contributed by atoms with Crippen molar-refractivity contribution in [2.24, 2.45) is 0 Å². The Labute approximate surface area is 210 Å². The summed E-state index contributed by atoms with van der Waals surface area (Å²) >= 11 is 0. The summed E-state index contributed by atoms with van der Waals surface area (Å²) in [5.74, 6) is 0.576. The highest BCUT2D eigenvalue weighted by Gasteiger charge is 2.24. The Hall–Kier alpha value is -4.01. The van der Waals surface area contributed by atoms with Gasteiger partial charge in [0, 0.05) is 6.20 Å². The van der Waals surface area contributed by atoms with Gasteiger partial charge < -0.3 is 10.6 Å². The van der Waals surface area contributed by atoms with Crippen LogP contribution in [0.5, 0.6) is 0 Å². The Morgan fingerprint density at radius 3 is 2.72 bits per heavy atom. The fourth-order valence-electron chi connectivity index (χ4n) is 4.53. The number of aryl methyl sites for hydroxylation is 2. The number of carbonyl (C=O) groups excluding carboxylic acids is 1. The van der Waals surface area contributed by atoms with E-state index in [9.17, 15) is 4.79 Å². The lowest BCUT2D eigenvalue weighted by molar-refractivity contribution is 0.0929. The van der Waals surface area contributed by atoms with Crippen LogP contribution in [0.2, 0.25) is 0 Å². The van der Waals surface area contributed by atoms with E-state index in [2.05, 4.69) is 54.3 Å². The van der Waals surface area contributed by atoms with Crippen molar-refractivity contribution in [3.63, 3.8) is 0 Å². The van der Waals surface area contributed by atoms with Gasteiger partial charge in [0.15, 0.2) is 5.69 Å². The number of aromatic nitrogens is 6. The number of fused-ring (bicyclic) bond motifs is 1. The Bertz CT molecular complexity index is 1380. The van der Waals surface area contributed by atoms with Gasteiger partial charge in [-0.05, 0) is 81.3 Å². The third-order valence-electron chi connectivity index (χ3n) is 6.61. The summed E-state index contributed by atoms with van der Waals surface area (Å²) in [4.78, 5) is 17.5. The van der Waals surface area contributed by atoms with Crippen LogP contribution in [0.4, 0.5) is 11.5 Å². The maximum absolute atomic E-state index is 13.0. The average molecular weight is 485 g/mol. The third-order valence-corrected chi connectivity index (χ3v) is 6.61. The topological polar surface area (TPSA) is 113 Å². The summed E-state index contributed by atoms with van der Waals surface area (Å²) in [7, 11) is 0. The number of amides is 1. The fraction of sp³-hybridized carbons (Fsp3) is 0.370. The van der Waals surface area contributed by atoms with Gasteiger partial charge >= 0.3 is 0 Å². The zero-order valence-corrected chi connectivity index (χ0v) is 21.2. The van der Waals surface area contributed by atoms with Crippen molar-refractivity contribution in [2.75, 3.05) is 5.32 Å². The van der Waals surface area contributed by atoms with Gasteiger partial charge in [0.25, 0.3) is 5.91 Å². The van der Waals surface area contributed by atoms with E-state index < -0.39 is 0 Å². The number of hydrogen-bond acceptors (Lipinski definition) is 6. The molecule has 0 fully saturated rings. The lowest BCUT2D eigenvalue weighted by Gasteiger charge is -2.20. The smallest absolute Gasteiger partial charge is 0.273 e. The van der Waals surface area contributed by atoms with Gasteiger partial charge in [0.1, 0.15) is 5.82 Å². The maximum Gasteiger partial charge on any atom is 0.273 e. The highest BCUT2D eigenvalue weighted by molar-refractivity contribution is 5.92. The zero-order chi connectivity index (χ0) is 25.3. The van der Waals surface area contributed by atoms with E-state index in [4.69, 9.17) is 0 Å². The molecule has 1 unspecified atom stereocenters. The molecule has 3 heterocycles.